The fraction of sp³-hybridized carbons (Fsp3) is 0.308. The van der Waals surface area contributed by atoms with E-state index in [1.165, 1.54) is 16.2 Å². The number of nitrogens with two attached hydrogens (primary N) is 1. The molecule has 1 aliphatic carbocycles. The van der Waals surface area contributed by atoms with Crippen LogP contribution in [0.25, 0.3) is 0 Å². The number of benzene rings is 1. The van der Waals surface area contributed by atoms with E-state index in [4.69, 9.17) is 5.73 Å². The minimum Gasteiger partial charge on any atom is -0.375 e. The van der Waals surface area contributed by atoms with E-state index in [2.05, 4.69) is 35.3 Å². The molecule has 1 aliphatic rings. The summed E-state index contributed by atoms with van der Waals surface area (Å²) in [6.07, 6.45) is 1.27. The highest BCUT2D eigenvalue weighted by atomic mass is 32.2. The van der Waals surface area contributed by atoms with E-state index < -0.39 is 0 Å². The van der Waals surface area contributed by atoms with Crippen LogP contribution < -0.4 is 5.73 Å². The van der Waals surface area contributed by atoms with Crippen LogP contribution in [0.1, 0.15) is 23.6 Å². The molecule has 4 heteroatoms. The van der Waals surface area contributed by atoms with Gasteiger partial charge in [-0.15, -0.1) is 11.8 Å². The van der Waals surface area contributed by atoms with Crippen molar-refractivity contribution >= 4 is 28.2 Å². The molecular formula is C13H14N2S2. The number of aromatic nitrogens is 1. The van der Waals surface area contributed by atoms with Crippen molar-refractivity contribution in [1.29, 1.82) is 0 Å². The molecule has 1 saturated carbocycles. The standard InChI is InChI=1S/C13H14N2S2/c1-8-12(17-13(14)15-8)16-11-7-10(11)9-5-3-2-4-6-9/h2-6,10-11H,7H2,1H3,(H2,14,15). The number of nitrogens with zero attached hydrogens (tertiary/aromatic N) is 1. The number of thiazole rings is 1. The van der Waals surface area contributed by atoms with Gasteiger partial charge in [-0.05, 0) is 24.8 Å². The Morgan fingerprint density at radius 1 is 1.35 bits per heavy atom. The van der Waals surface area contributed by atoms with Crippen molar-refractivity contribution in [1.82, 2.24) is 4.98 Å². The van der Waals surface area contributed by atoms with Gasteiger partial charge in [-0.1, -0.05) is 41.7 Å². The van der Waals surface area contributed by atoms with Gasteiger partial charge in [0.25, 0.3) is 0 Å². The van der Waals surface area contributed by atoms with Crippen LogP contribution in [0, 0.1) is 6.92 Å². The summed E-state index contributed by atoms with van der Waals surface area (Å²) >= 11 is 3.55. The zero-order valence-corrected chi connectivity index (χ0v) is 11.2. The Kier molecular flexibility index (Phi) is 2.84. The van der Waals surface area contributed by atoms with Gasteiger partial charge in [0.05, 0.1) is 9.90 Å². The summed E-state index contributed by atoms with van der Waals surface area (Å²) < 4.78 is 1.28. The number of nitrogen functional groups attached to an aromatic ring is 1. The molecule has 2 nitrogen and oxygen atoms in total. The van der Waals surface area contributed by atoms with Gasteiger partial charge in [0.1, 0.15) is 0 Å². The van der Waals surface area contributed by atoms with Crippen molar-refractivity contribution < 1.29 is 0 Å². The predicted octanol–water partition coefficient (Wildman–Crippen LogP) is 3.68. The van der Waals surface area contributed by atoms with Gasteiger partial charge in [0, 0.05) is 5.25 Å². The maximum absolute atomic E-state index is 5.72. The van der Waals surface area contributed by atoms with Gasteiger partial charge in [0.15, 0.2) is 5.13 Å². The smallest absolute Gasteiger partial charge is 0.181 e. The van der Waals surface area contributed by atoms with Crippen LogP contribution in [0.2, 0.25) is 0 Å². The first kappa shape index (κ1) is 11.1. The molecule has 0 aliphatic heterocycles. The average molecular weight is 262 g/mol. The van der Waals surface area contributed by atoms with Crippen molar-refractivity contribution in [2.75, 3.05) is 5.73 Å². The molecule has 2 N–H and O–H groups in total. The van der Waals surface area contributed by atoms with Crippen LogP contribution in [0.5, 0.6) is 0 Å². The topological polar surface area (TPSA) is 38.9 Å². The zero-order valence-electron chi connectivity index (χ0n) is 9.59. The molecule has 0 spiro atoms. The molecule has 2 unspecified atom stereocenters. The molecular weight excluding hydrogens is 248 g/mol. The molecule has 1 fully saturated rings. The van der Waals surface area contributed by atoms with Crippen molar-refractivity contribution in [3.63, 3.8) is 0 Å². The summed E-state index contributed by atoms with van der Waals surface area (Å²) in [7, 11) is 0. The molecule has 1 heterocycles. The highest BCUT2D eigenvalue weighted by Gasteiger charge is 2.39. The fourth-order valence-electron chi connectivity index (χ4n) is 2.00. The van der Waals surface area contributed by atoms with E-state index in [1.54, 1.807) is 11.3 Å². The molecule has 3 rings (SSSR count). The van der Waals surface area contributed by atoms with Gasteiger partial charge in [-0.2, -0.15) is 0 Å². The third-order valence-electron chi connectivity index (χ3n) is 2.99. The van der Waals surface area contributed by atoms with Crippen molar-refractivity contribution in [3.8, 4) is 0 Å². The van der Waals surface area contributed by atoms with Gasteiger partial charge in [0.2, 0.25) is 0 Å². The molecule has 17 heavy (non-hydrogen) atoms. The summed E-state index contributed by atoms with van der Waals surface area (Å²) in [5.41, 5.74) is 8.25. The van der Waals surface area contributed by atoms with Crippen LogP contribution in [0.3, 0.4) is 0 Å². The molecule has 0 bridgehead atoms. The lowest BCUT2D eigenvalue weighted by molar-refractivity contribution is 1.13. The molecule has 2 atom stereocenters. The van der Waals surface area contributed by atoms with Crippen molar-refractivity contribution in [3.05, 3.63) is 41.6 Å². The summed E-state index contributed by atoms with van der Waals surface area (Å²) in [4.78, 5) is 4.27. The summed E-state index contributed by atoms with van der Waals surface area (Å²) in [5.74, 6) is 0.712. The van der Waals surface area contributed by atoms with E-state index in [1.807, 2.05) is 18.7 Å². The van der Waals surface area contributed by atoms with Gasteiger partial charge >= 0.3 is 0 Å². The second kappa shape index (κ2) is 4.35. The van der Waals surface area contributed by atoms with Crippen LogP contribution in [-0.4, -0.2) is 10.2 Å². The number of aryl methyl sites for hydroxylation is 1. The van der Waals surface area contributed by atoms with Crippen LogP contribution in [0.4, 0.5) is 5.13 Å². The lowest BCUT2D eigenvalue weighted by Crippen LogP contribution is -1.83. The number of hydrogen-bond donors (Lipinski definition) is 1. The number of anilines is 1. The molecule has 0 saturated heterocycles. The Morgan fingerprint density at radius 2 is 2.12 bits per heavy atom. The molecule has 1 aromatic carbocycles. The van der Waals surface area contributed by atoms with E-state index >= 15 is 0 Å². The summed E-state index contributed by atoms with van der Waals surface area (Å²) in [6, 6.07) is 10.7. The SMILES string of the molecule is Cc1nc(N)sc1SC1CC1c1ccccc1. The first-order valence-electron chi connectivity index (χ1n) is 5.68. The number of rotatable bonds is 3. The Balaban J connectivity index is 1.68. The zero-order chi connectivity index (χ0) is 11.8. The number of hydrogen-bond acceptors (Lipinski definition) is 4. The molecule has 0 amide bonds. The average Bonchev–Trinajstić information content (AvgIpc) is 3.01. The summed E-state index contributed by atoms with van der Waals surface area (Å²) in [6.45, 7) is 2.04. The highest BCUT2D eigenvalue weighted by molar-refractivity contribution is 8.02. The Hall–Kier alpha value is -1.00. The van der Waals surface area contributed by atoms with Crippen LogP contribution >= 0.6 is 23.1 Å². The van der Waals surface area contributed by atoms with Crippen LogP contribution in [0.15, 0.2) is 34.5 Å². The molecule has 1 aromatic heterocycles. The molecule has 0 radical (unpaired) electrons. The van der Waals surface area contributed by atoms with Crippen molar-refractivity contribution in [2.24, 2.45) is 0 Å². The second-order valence-corrected chi connectivity index (χ2v) is 6.87. The van der Waals surface area contributed by atoms with Crippen LogP contribution in [-0.2, 0) is 0 Å². The maximum Gasteiger partial charge on any atom is 0.181 e. The first-order chi connectivity index (χ1) is 8.24. The van der Waals surface area contributed by atoms with Gasteiger partial charge in [-0.25, -0.2) is 4.98 Å². The van der Waals surface area contributed by atoms with Gasteiger partial charge in [-0.3, -0.25) is 0 Å². The Bertz CT molecular complexity index is 521. The van der Waals surface area contributed by atoms with E-state index in [-0.39, 0.29) is 0 Å². The molecule has 2 aromatic rings. The van der Waals surface area contributed by atoms with Crippen molar-refractivity contribution in [2.45, 2.75) is 28.7 Å². The maximum atomic E-state index is 5.72. The first-order valence-corrected chi connectivity index (χ1v) is 7.38. The highest BCUT2D eigenvalue weighted by Crippen LogP contribution is 2.53. The largest absolute Gasteiger partial charge is 0.375 e. The third-order valence-corrected chi connectivity index (χ3v) is 5.64. The Labute approximate surface area is 109 Å². The summed E-state index contributed by atoms with van der Waals surface area (Å²) in [5, 5.41) is 1.39. The Morgan fingerprint density at radius 3 is 2.76 bits per heavy atom. The quantitative estimate of drug-likeness (QED) is 0.917. The minimum atomic E-state index is 0.682. The number of thioether (sulfide) groups is 1. The van der Waals surface area contributed by atoms with E-state index in [9.17, 15) is 0 Å². The second-order valence-electron chi connectivity index (χ2n) is 4.33. The third kappa shape index (κ3) is 2.33. The molecule has 88 valence electrons. The van der Waals surface area contributed by atoms with E-state index in [0.717, 1.165) is 5.69 Å². The normalized spacial score (nSPS) is 22.6. The fourth-order valence-corrected chi connectivity index (χ4v) is 4.50. The van der Waals surface area contributed by atoms with E-state index in [0.29, 0.717) is 16.3 Å². The van der Waals surface area contributed by atoms with Gasteiger partial charge < -0.3 is 5.73 Å². The minimum absolute atomic E-state index is 0.682. The predicted molar refractivity (Wildman–Crippen MR) is 74.7 cm³/mol. The lowest BCUT2D eigenvalue weighted by Gasteiger charge is -1.99. The lowest BCUT2D eigenvalue weighted by atomic mass is 10.1. The monoisotopic (exact) mass is 262 g/mol.